The van der Waals surface area contributed by atoms with E-state index in [2.05, 4.69) is 23.7 Å². The lowest BCUT2D eigenvalue weighted by Crippen LogP contribution is -2.08. The first-order valence-corrected chi connectivity index (χ1v) is 23.5. The Hall–Kier alpha value is -7.66. The summed E-state index contributed by atoms with van der Waals surface area (Å²) in [5.74, 6) is 17.0. The van der Waals surface area contributed by atoms with Crippen molar-refractivity contribution in [2.24, 2.45) is 0 Å². The summed E-state index contributed by atoms with van der Waals surface area (Å²) in [6.07, 6.45) is 25.2. The van der Waals surface area contributed by atoms with Crippen LogP contribution in [0, 0.1) is 49.4 Å². The number of benzene rings is 5. The second-order valence-electron chi connectivity index (χ2n) is 15.8. The van der Waals surface area contributed by atoms with Gasteiger partial charge in [-0.1, -0.05) is 23.7 Å². The monoisotopic (exact) mass is 930 g/mol. The first kappa shape index (κ1) is 50.7. The van der Waals surface area contributed by atoms with Crippen LogP contribution in [0.15, 0.2) is 60.7 Å². The maximum atomic E-state index is 6.41. The van der Waals surface area contributed by atoms with Crippen molar-refractivity contribution in [1.29, 1.82) is 0 Å². The molecule has 5 aromatic carbocycles. The van der Waals surface area contributed by atoms with E-state index in [9.17, 15) is 0 Å². The molecule has 0 aliphatic heterocycles. The summed E-state index contributed by atoms with van der Waals surface area (Å²) in [5.41, 5.74) is 8.50. The Bertz CT molecular complexity index is 2550. The molecule has 15 rings (SSSR count). The molecule has 5 aromatic rings. The molecule has 0 unspecified atom stereocenters. The normalized spacial score (nSPS) is 11.6. The summed E-state index contributed by atoms with van der Waals surface area (Å²) in [5, 5.41) is 0. The van der Waals surface area contributed by atoms with Gasteiger partial charge in [0.25, 0.3) is 0 Å². The molecule has 0 fully saturated rings. The quantitative estimate of drug-likeness (QED) is 0.0689. The number of ether oxygens (including phenoxy) is 10. The largest absolute Gasteiger partial charge is 0.494 e. The molecule has 0 aromatic heterocycles. The Morgan fingerprint density at radius 3 is 0.507 bits per heavy atom. The third-order valence-electron chi connectivity index (χ3n) is 11.2. The third-order valence-corrected chi connectivity index (χ3v) is 11.2. The zero-order chi connectivity index (χ0) is 49.1. The van der Waals surface area contributed by atoms with Crippen molar-refractivity contribution < 1.29 is 47.4 Å². The molecular formula is C59H62O10. The van der Waals surface area contributed by atoms with Crippen molar-refractivity contribution in [2.75, 3.05) is 66.1 Å². The van der Waals surface area contributed by atoms with Gasteiger partial charge in [0.15, 0.2) is 0 Å². The van der Waals surface area contributed by atoms with Gasteiger partial charge < -0.3 is 47.4 Å². The van der Waals surface area contributed by atoms with Crippen molar-refractivity contribution in [3.63, 3.8) is 0 Å². The lowest BCUT2D eigenvalue weighted by Gasteiger charge is -2.21. The maximum absolute atomic E-state index is 6.41. The molecule has 69 heavy (non-hydrogen) atoms. The molecular weight excluding hydrogens is 869 g/mol. The molecule has 0 saturated carbocycles. The molecule has 0 amide bonds. The fourth-order valence-corrected chi connectivity index (χ4v) is 8.38. The van der Waals surface area contributed by atoms with Gasteiger partial charge in [0.05, 0.1) is 39.6 Å². The highest BCUT2D eigenvalue weighted by Gasteiger charge is 2.24. The van der Waals surface area contributed by atoms with Crippen LogP contribution in [0.25, 0.3) is 0 Å². The van der Waals surface area contributed by atoms with Gasteiger partial charge >= 0.3 is 0 Å². The highest BCUT2D eigenvalue weighted by atomic mass is 16.5. The summed E-state index contributed by atoms with van der Waals surface area (Å²) in [4.78, 5) is 0. The fourth-order valence-electron chi connectivity index (χ4n) is 8.38. The van der Waals surface area contributed by atoms with Crippen molar-refractivity contribution >= 4 is 0 Å². The maximum Gasteiger partial charge on any atom is 0.148 e. The van der Waals surface area contributed by atoms with E-state index in [0.717, 1.165) is 55.6 Å². The van der Waals surface area contributed by atoms with Crippen LogP contribution < -0.4 is 47.4 Å². The molecule has 10 bridgehead atoms. The van der Waals surface area contributed by atoms with E-state index in [1.54, 1.807) is 0 Å². The summed E-state index contributed by atoms with van der Waals surface area (Å²) >= 11 is 0. The van der Waals surface area contributed by atoms with Gasteiger partial charge in [-0.15, -0.1) is 25.7 Å². The summed E-state index contributed by atoms with van der Waals surface area (Å²) in [6, 6.07) is 20.1. The molecule has 0 N–H and O–H groups in total. The molecule has 10 heteroatoms. The minimum Gasteiger partial charge on any atom is -0.494 e. The standard InChI is InChI=1S/C59H62O10/c1-11-21-66-56-38-48-28-44-34-55(65-20-10)45(35-54(44)64-19-9)29-49-39-57(67-22-12-2)47(37-59(49)69-24-14-4)27-43-33-51(61-16-6)41(31-53(43)63-18-8)25-40-30-52(62-17-7)42(32-50(40)60-15-5)26-46(56)36-58(48)68-23-13-3/h1-4,30-39H,15-29H2,5-10H3. The highest BCUT2D eigenvalue weighted by molar-refractivity contribution is 5.60. The SMILES string of the molecule is C#CCOc1cc2c(OCC#C)cc1Cc1cc(OCC)c(cc1OCC)Cc1cc(OCC)c(cc1OCC)Cc1cc(OCC#C)c(cc1OCC#C)Cc1cc(OCC)c(cc1OCC)C2. The molecule has 10 aliphatic rings. The van der Waals surface area contributed by atoms with E-state index in [0.29, 0.717) is 129 Å². The van der Waals surface area contributed by atoms with E-state index >= 15 is 0 Å². The van der Waals surface area contributed by atoms with Crippen LogP contribution in [0.4, 0.5) is 0 Å². The third kappa shape index (κ3) is 12.9. The van der Waals surface area contributed by atoms with E-state index in [4.69, 9.17) is 73.1 Å². The molecule has 0 radical (unpaired) electrons. The Morgan fingerprint density at radius 2 is 0.391 bits per heavy atom. The number of hydrogen-bond acceptors (Lipinski definition) is 10. The molecule has 10 nitrogen and oxygen atoms in total. The Balaban J connectivity index is 1.70. The topological polar surface area (TPSA) is 92.3 Å². The van der Waals surface area contributed by atoms with Crippen LogP contribution in [0.1, 0.15) is 97.2 Å². The van der Waals surface area contributed by atoms with E-state index in [1.807, 2.05) is 102 Å². The molecule has 0 spiro atoms. The smallest absolute Gasteiger partial charge is 0.148 e. The molecule has 0 saturated heterocycles. The Morgan fingerprint density at radius 1 is 0.261 bits per heavy atom. The predicted octanol–water partition coefficient (Wildman–Crippen LogP) is 10.4. The molecule has 358 valence electrons. The summed E-state index contributed by atoms with van der Waals surface area (Å²) in [6.45, 7) is 14.5. The van der Waals surface area contributed by atoms with Gasteiger partial charge in [0.1, 0.15) is 83.9 Å². The van der Waals surface area contributed by atoms with Gasteiger partial charge in [-0.25, -0.2) is 0 Å². The molecule has 0 atom stereocenters. The lowest BCUT2D eigenvalue weighted by molar-refractivity contribution is 0.321. The average molecular weight is 931 g/mol. The zero-order valence-corrected chi connectivity index (χ0v) is 40.8. The van der Waals surface area contributed by atoms with Gasteiger partial charge in [-0.2, -0.15) is 0 Å². The van der Waals surface area contributed by atoms with Crippen molar-refractivity contribution in [2.45, 2.75) is 73.6 Å². The molecule has 10 aliphatic carbocycles. The fraction of sp³-hybridized carbons (Fsp3) is 0.356. The van der Waals surface area contributed by atoms with Gasteiger partial charge in [-0.05, 0) is 102 Å². The van der Waals surface area contributed by atoms with E-state index in [-0.39, 0.29) is 26.4 Å². The lowest BCUT2D eigenvalue weighted by atomic mass is 9.94. The zero-order valence-electron chi connectivity index (χ0n) is 40.8. The first-order valence-electron chi connectivity index (χ1n) is 23.5. The van der Waals surface area contributed by atoms with Crippen LogP contribution in [0.3, 0.4) is 0 Å². The van der Waals surface area contributed by atoms with E-state index < -0.39 is 0 Å². The molecule has 0 heterocycles. The Labute approximate surface area is 408 Å². The summed E-state index contributed by atoms with van der Waals surface area (Å²) < 4.78 is 63.7. The van der Waals surface area contributed by atoms with Crippen molar-refractivity contribution in [1.82, 2.24) is 0 Å². The average Bonchev–Trinajstić information content (AvgIpc) is 3.34. The van der Waals surface area contributed by atoms with Crippen LogP contribution >= 0.6 is 0 Å². The second-order valence-corrected chi connectivity index (χ2v) is 15.8. The predicted molar refractivity (Wildman–Crippen MR) is 271 cm³/mol. The number of rotatable bonds is 20. The highest BCUT2D eigenvalue weighted by Crippen LogP contribution is 2.43. The van der Waals surface area contributed by atoms with Crippen LogP contribution in [-0.4, -0.2) is 66.1 Å². The van der Waals surface area contributed by atoms with Gasteiger partial charge in [0, 0.05) is 87.7 Å². The number of hydrogen-bond donors (Lipinski definition) is 0. The second kappa shape index (κ2) is 25.5. The summed E-state index contributed by atoms with van der Waals surface area (Å²) in [7, 11) is 0. The minimum absolute atomic E-state index is 0.0392. The Kier molecular flexibility index (Phi) is 18.7. The number of terminal acetylenes is 4. The van der Waals surface area contributed by atoms with Crippen molar-refractivity contribution in [3.8, 4) is 107 Å². The van der Waals surface area contributed by atoms with Crippen molar-refractivity contribution in [3.05, 3.63) is 116 Å². The first-order chi connectivity index (χ1) is 33.7. The van der Waals surface area contributed by atoms with Gasteiger partial charge in [0.2, 0.25) is 0 Å². The minimum atomic E-state index is 0.0392. The van der Waals surface area contributed by atoms with Gasteiger partial charge in [-0.3, -0.25) is 0 Å². The van der Waals surface area contributed by atoms with Crippen LogP contribution in [-0.2, 0) is 32.1 Å². The van der Waals surface area contributed by atoms with E-state index in [1.165, 1.54) is 0 Å². The van der Waals surface area contributed by atoms with Crippen LogP contribution in [0.2, 0.25) is 0 Å². The van der Waals surface area contributed by atoms with Crippen LogP contribution in [0.5, 0.6) is 57.5 Å².